The summed E-state index contributed by atoms with van der Waals surface area (Å²) in [6.45, 7) is 3.58. The van der Waals surface area contributed by atoms with Gasteiger partial charge >= 0.3 is 0 Å². The van der Waals surface area contributed by atoms with Crippen molar-refractivity contribution >= 4 is 10.9 Å². The van der Waals surface area contributed by atoms with Gasteiger partial charge in [-0.1, -0.05) is 37.3 Å². The van der Waals surface area contributed by atoms with E-state index in [9.17, 15) is 4.39 Å². The van der Waals surface area contributed by atoms with Gasteiger partial charge in [-0.25, -0.2) is 14.4 Å². The third-order valence-electron chi connectivity index (χ3n) is 6.40. The van der Waals surface area contributed by atoms with Crippen LogP contribution in [-0.2, 0) is 16.9 Å². The van der Waals surface area contributed by atoms with Crippen LogP contribution in [0, 0.1) is 11.7 Å². The average molecular weight is 428 g/mol. The van der Waals surface area contributed by atoms with Crippen LogP contribution in [0.2, 0.25) is 0 Å². The van der Waals surface area contributed by atoms with Crippen LogP contribution in [0.4, 0.5) is 4.39 Å². The van der Waals surface area contributed by atoms with Crippen LogP contribution in [-0.4, -0.2) is 35.5 Å². The molecule has 0 bridgehead atoms. The smallest absolute Gasteiger partial charge is 0.123 e. The van der Waals surface area contributed by atoms with Crippen molar-refractivity contribution in [2.75, 3.05) is 20.6 Å². The van der Waals surface area contributed by atoms with Gasteiger partial charge in [0, 0.05) is 24.0 Å². The van der Waals surface area contributed by atoms with Crippen molar-refractivity contribution in [2.24, 2.45) is 5.92 Å². The molecule has 0 spiro atoms. The third kappa shape index (κ3) is 3.48. The SMILES string of the molecule is CC(CN(C)C)C1(c2ccc(F)cc2)OCc2cc(-c3ccc4ncncc4c3)ccc21. The van der Waals surface area contributed by atoms with Gasteiger partial charge < -0.3 is 9.64 Å². The van der Waals surface area contributed by atoms with Crippen molar-refractivity contribution in [1.29, 1.82) is 0 Å². The fourth-order valence-electron chi connectivity index (χ4n) is 4.99. The predicted octanol–water partition coefficient (Wildman–Crippen LogP) is 5.41. The molecule has 0 aliphatic carbocycles. The molecule has 0 fully saturated rings. The minimum Gasteiger partial charge on any atom is -0.361 e. The first kappa shape index (κ1) is 20.7. The van der Waals surface area contributed by atoms with Gasteiger partial charge in [-0.2, -0.15) is 0 Å². The van der Waals surface area contributed by atoms with Gasteiger partial charge in [-0.05, 0) is 72.2 Å². The highest BCUT2D eigenvalue weighted by Crippen LogP contribution is 2.48. The van der Waals surface area contributed by atoms with Gasteiger partial charge in [-0.15, -0.1) is 0 Å². The second-order valence-corrected chi connectivity index (χ2v) is 8.86. The highest BCUT2D eigenvalue weighted by atomic mass is 19.1. The zero-order valence-electron chi connectivity index (χ0n) is 18.5. The first-order chi connectivity index (χ1) is 15.5. The Morgan fingerprint density at radius 1 is 1.03 bits per heavy atom. The maximum atomic E-state index is 13.7. The molecule has 0 N–H and O–H groups in total. The Labute approximate surface area is 187 Å². The number of fused-ring (bicyclic) bond motifs is 2. The Balaban J connectivity index is 1.60. The van der Waals surface area contributed by atoms with Crippen LogP contribution in [0.3, 0.4) is 0 Å². The van der Waals surface area contributed by atoms with Crippen LogP contribution >= 0.6 is 0 Å². The van der Waals surface area contributed by atoms with E-state index in [1.165, 1.54) is 17.7 Å². The molecule has 1 aliphatic heterocycles. The lowest BCUT2D eigenvalue weighted by Gasteiger charge is -2.37. The number of aromatic nitrogens is 2. The molecule has 5 heteroatoms. The van der Waals surface area contributed by atoms with Crippen molar-refractivity contribution in [3.8, 4) is 11.1 Å². The summed E-state index contributed by atoms with van der Waals surface area (Å²) in [5.41, 5.74) is 5.89. The molecule has 162 valence electrons. The molecule has 2 unspecified atom stereocenters. The summed E-state index contributed by atoms with van der Waals surface area (Å²) < 4.78 is 20.3. The molecule has 2 heterocycles. The van der Waals surface area contributed by atoms with E-state index in [0.717, 1.165) is 39.7 Å². The average Bonchev–Trinajstić information content (AvgIpc) is 3.19. The number of rotatable bonds is 5. The number of hydrogen-bond acceptors (Lipinski definition) is 4. The molecular weight excluding hydrogens is 401 g/mol. The largest absolute Gasteiger partial charge is 0.361 e. The third-order valence-corrected chi connectivity index (χ3v) is 6.40. The molecule has 4 nitrogen and oxygen atoms in total. The van der Waals surface area contributed by atoms with E-state index in [0.29, 0.717) is 6.61 Å². The van der Waals surface area contributed by atoms with Crippen molar-refractivity contribution in [2.45, 2.75) is 19.1 Å². The quantitative estimate of drug-likeness (QED) is 0.427. The summed E-state index contributed by atoms with van der Waals surface area (Å²) >= 11 is 0. The van der Waals surface area contributed by atoms with Crippen molar-refractivity contribution < 1.29 is 9.13 Å². The predicted molar refractivity (Wildman–Crippen MR) is 125 cm³/mol. The van der Waals surface area contributed by atoms with Gasteiger partial charge in [-0.3, -0.25) is 0 Å². The zero-order chi connectivity index (χ0) is 22.3. The number of nitrogens with zero attached hydrogens (tertiary/aromatic N) is 3. The lowest BCUT2D eigenvalue weighted by Crippen LogP contribution is -2.40. The van der Waals surface area contributed by atoms with Crippen LogP contribution in [0.15, 0.2) is 73.2 Å². The number of halogens is 1. The molecule has 1 aromatic heterocycles. The van der Waals surface area contributed by atoms with E-state index >= 15 is 0 Å². The topological polar surface area (TPSA) is 38.2 Å². The summed E-state index contributed by atoms with van der Waals surface area (Å²) in [5, 5.41) is 1.02. The van der Waals surface area contributed by atoms with E-state index in [1.807, 2.05) is 24.4 Å². The molecular formula is C27H26FN3O. The highest BCUT2D eigenvalue weighted by molar-refractivity contribution is 5.83. The maximum absolute atomic E-state index is 13.7. The first-order valence-electron chi connectivity index (χ1n) is 10.9. The summed E-state index contributed by atoms with van der Waals surface area (Å²) in [5.74, 6) is -0.0640. The van der Waals surface area contributed by atoms with E-state index in [-0.39, 0.29) is 11.7 Å². The summed E-state index contributed by atoms with van der Waals surface area (Å²) in [4.78, 5) is 10.6. The zero-order valence-corrected chi connectivity index (χ0v) is 18.5. The van der Waals surface area contributed by atoms with Crippen molar-refractivity contribution in [3.05, 3.63) is 95.7 Å². The molecule has 0 saturated carbocycles. The molecule has 2 atom stereocenters. The molecule has 0 radical (unpaired) electrons. The fraction of sp³-hybridized carbons (Fsp3) is 0.259. The van der Waals surface area contributed by atoms with E-state index in [4.69, 9.17) is 4.74 Å². The molecule has 0 amide bonds. The monoisotopic (exact) mass is 427 g/mol. The number of hydrogen-bond donors (Lipinski definition) is 0. The van der Waals surface area contributed by atoms with Gasteiger partial charge in [0.15, 0.2) is 0 Å². The van der Waals surface area contributed by atoms with Gasteiger partial charge in [0.2, 0.25) is 0 Å². The fourth-order valence-corrected chi connectivity index (χ4v) is 4.99. The van der Waals surface area contributed by atoms with Crippen LogP contribution < -0.4 is 0 Å². The molecule has 4 aromatic rings. The lowest BCUT2D eigenvalue weighted by molar-refractivity contribution is -0.0505. The van der Waals surface area contributed by atoms with Gasteiger partial charge in [0.1, 0.15) is 17.7 Å². The van der Waals surface area contributed by atoms with Crippen LogP contribution in [0.25, 0.3) is 22.0 Å². The van der Waals surface area contributed by atoms with Crippen LogP contribution in [0.1, 0.15) is 23.6 Å². The minimum atomic E-state index is -0.608. The molecule has 32 heavy (non-hydrogen) atoms. The second kappa shape index (κ2) is 8.08. The second-order valence-electron chi connectivity index (χ2n) is 8.86. The Kier molecular flexibility index (Phi) is 5.24. The van der Waals surface area contributed by atoms with Gasteiger partial charge in [0.05, 0.1) is 12.1 Å². The normalized spacial score (nSPS) is 18.8. The molecule has 5 rings (SSSR count). The van der Waals surface area contributed by atoms with E-state index < -0.39 is 5.60 Å². The Morgan fingerprint density at radius 3 is 2.56 bits per heavy atom. The lowest BCUT2D eigenvalue weighted by atomic mass is 9.76. The maximum Gasteiger partial charge on any atom is 0.123 e. The van der Waals surface area contributed by atoms with Crippen molar-refractivity contribution in [3.63, 3.8) is 0 Å². The van der Waals surface area contributed by atoms with Gasteiger partial charge in [0.25, 0.3) is 0 Å². The summed E-state index contributed by atoms with van der Waals surface area (Å²) in [6, 6.07) is 19.5. The Hall–Kier alpha value is -3.15. The summed E-state index contributed by atoms with van der Waals surface area (Å²) in [6.07, 6.45) is 3.41. The number of benzene rings is 3. The highest BCUT2D eigenvalue weighted by Gasteiger charge is 2.46. The Morgan fingerprint density at radius 2 is 1.78 bits per heavy atom. The first-order valence-corrected chi connectivity index (χ1v) is 10.9. The molecule has 3 aromatic carbocycles. The Bertz CT molecular complexity index is 1270. The van der Waals surface area contributed by atoms with Crippen LogP contribution in [0.5, 0.6) is 0 Å². The van der Waals surface area contributed by atoms with Crippen molar-refractivity contribution in [1.82, 2.24) is 14.9 Å². The molecule has 0 saturated heterocycles. The minimum absolute atomic E-state index is 0.174. The van der Waals surface area contributed by atoms with E-state index in [2.05, 4.69) is 66.2 Å². The summed E-state index contributed by atoms with van der Waals surface area (Å²) in [7, 11) is 4.13. The standard InChI is InChI=1S/C27H26FN3O/c1-18(15-31(2)3)27(23-6-8-24(28)9-7-23)25-10-4-19(13-22(25)16-32-27)20-5-11-26-21(12-20)14-29-17-30-26/h4-14,17-18H,15-16H2,1-3H3. The molecule has 1 aliphatic rings. The van der Waals surface area contributed by atoms with E-state index in [1.54, 1.807) is 6.33 Å². The number of ether oxygens (including phenoxy) is 1.